The first kappa shape index (κ1) is 14.0. The summed E-state index contributed by atoms with van der Waals surface area (Å²) in [5.74, 6) is 0. The lowest BCUT2D eigenvalue weighted by atomic mass is 10.2. The monoisotopic (exact) mass is 289 g/mol. The Morgan fingerprint density at radius 3 is 2.35 bits per heavy atom. The van der Waals surface area contributed by atoms with Crippen LogP contribution < -0.4 is 0 Å². The predicted octanol–water partition coefficient (Wildman–Crippen LogP) is 3.04. The Morgan fingerprint density at radius 2 is 1.70 bits per heavy atom. The number of benzene rings is 2. The van der Waals surface area contributed by atoms with Crippen molar-refractivity contribution >= 4 is 21.6 Å². The van der Waals surface area contributed by atoms with E-state index in [4.69, 9.17) is 0 Å². The molecule has 0 N–H and O–H groups in total. The van der Waals surface area contributed by atoms with Crippen molar-refractivity contribution in [3.63, 3.8) is 0 Å². The summed E-state index contributed by atoms with van der Waals surface area (Å²) in [5.41, 5.74) is 0.378. The SMILES string of the molecule is O=[N+]([O-])c1cccc(/C=C/S(=O)(=O)c2ccccc2)c1. The zero-order valence-electron chi connectivity index (χ0n) is 10.3. The van der Waals surface area contributed by atoms with Crippen LogP contribution in [0.1, 0.15) is 5.56 Å². The molecule has 0 bridgehead atoms. The quantitative estimate of drug-likeness (QED) is 0.640. The molecule has 0 saturated heterocycles. The van der Waals surface area contributed by atoms with Crippen molar-refractivity contribution in [2.24, 2.45) is 0 Å². The van der Waals surface area contributed by atoms with Crippen molar-refractivity contribution in [2.45, 2.75) is 4.90 Å². The van der Waals surface area contributed by atoms with Crippen LogP contribution in [0.3, 0.4) is 0 Å². The number of non-ortho nitro benzene ring substituents is 1. The summed E-state index contributed by atoms with van der Waals surface area (Å²) in [7, 11) is -3.54. The van der Waals surface area contributed by atoms with E-state index in [0.717, 1.165) is 5.41 Å². The van der Waals surface area contributed by atoms with Gasteiger partial charge in [-0.05, 0) is 23.8 Å². The molecule has 102 valence electrons. The van der Waals surface area contributed by atoms with E-state index in [1.165, 1.54) is 36.4 Å². The van der Waals surface area contributed by atoms with Crippen LogP contribution in [0.5, 0.6) is 0 Å². The minimum atomic E-state index is -3.54. The Hall–Kier alpha value is -2.47. The normalized spacial score (nSPS) is 11.6. The van der Waals surface area contributed by atoms with Crippen molar-refractivity contribution in [3.05, 3.63) is 75.7 Å². The lowest BCUT2D eigenvalue weighted by Gasteiger charge is -1.98. The van der Waals surface area contributed by atoms with Gasteiger partial charge in [-0.3, -0.25) is 10.1 Å². The Kier molecular flexibility index (Phi) is 3.95. The van der Waals surface area contributed by atoms with Gasteiger partial charge in [-0.2, -0.15) is 0 Å². The average Bonchev–Trinajstić information content (AvgIpc) is 2.46. The molecule has 6 heteroatoms. The third-order valence-electron chi connectivity index (χ3n) is 2.59. The Morgan fingerprint density at radius 1 is 1.00 bits per heavy atom. The van der Waals surface area contributed by atoms with Gasteiger partial charge in [0.1, 0.15) is 0 Å². The fourth-order valence-electron chi connectivity index (χ4n) is 1.60. The van der Waals surface area contributed by atoms with Gasteiger partial charge in [0.05, 0.1) is 9.82 Å². The summed E-state index contributed by atoms with van der Waals surface area (Å²) in [5, 5.41) is 11.7. The molecule has 2 aromatic rings. The molecular formula is C14H11NO4S. The topological polar surface area (TPSA) is 77.3 Å². The highest BCUT2D eigenvalue weighted by Crippen LogP contribution is 2.17. The first-order chi connectivity index (χ1) is 9.49. The minimum Gasteiger partial charge on any atom is -0.258 e. The number of hydrogen-bond acceptors (Lipinski definition) is 4. The standard InChI is InChI=1S/C14H11NO4S/c16-15(17)13-6-4-5-12(11-13)9-10-20(18,19)14-7-2-1-3-8-14/h1-11H/b10-9+. The van der Waals surface area contributed by atoms with Crippen molar-refractivity contribution in [1.29, 1.82) is 0 Å². The number of rotatable bonds is 4. The van der Waals surface area contributed by atoms with Gasteiger partial charge in [0.25, 0.3) is 5.69 Å². The highest BCUT2D eigenvalue weighted by molar-refractivity contribution is 7.94. The summed E-state index contributed by atoms with van der Waals surface area (Å²) < 4.78 is 24.0. The van der Waals surface area contributed by atoms with Crippen LogP contribution in [0.25, 0.3) is 6.08 Å². The summed E-state index contributed by atoms with van der Waals surface area (Å²) in [6.07, 6.45) is 1.34. The maximum Gasteiger partial charge on any atom is 0.270 e. The molecule has 0 aliphatic carbocycles. The summed E-state index contributed by atoms with van der Waals surface area (Å²) in [4.78, 5) is 10.3. The zero-order valence-corrected chi connectivity index (χ0v) is 11.2. The summed E-state index contributed by atoms with van der Waals surface area (Å²) >= 11 is 0. The van der Waals surface area contributed by atoms with Crippen LogP contribution >= 0.6 is 0 Å². The molecule has 0 aliphatic heterocycles. The third kappa shape index (κ3) is 3.30. The maximum atomic E-state index is 12.0. The van der Waals surface area contributed by atoms with E-state index in [2.05, 4.69) is 0 Å². The highest BCUT2D eigenvalue weighted by atomic mass is 32.2. The smallest absolute Gasteiger partial charge is 0.258 e. The van der Waals surface area contributed by atoms with E-state index in [1.807, 2.05) is 0 Å². The molecule has 5 nitrogen and oxygen atoms in total. The molecule has 2 aromatic carbocycles. The van der Waals surface area contributed by atoms with Gasteiger partial charge in [0.15, 0.2) is 9.84 Å². The van der Waals surface area contributed by atoms with Crippen molar-refractivity contribution < 1.29 is 13.3 Å². The van der Waals surface area contributed by atoms with Crippen LogP contribution in [0.4, 0.5) is 5.69 Å². The fourth-order valence-corrected chi connectivity index (χ4v) is 2.63. The molecule has 0 atom stereocenters. The van der Waals surface area contributed by atoms with E-state index in [9.17, 15) is 18.5 Å². The number of sulfone groups is 1. The third-order valence-corrected chi connectivity index (χ3v) is 4.02. The summed E-state index contributed by atoms with van der Waals surface area (Å²) in [6.45, 7) is 0. The van der Waals surface area contributed by atoms with Crippen LogP contribution in [-0.4, -0.2) is 13.3 Å². The second-order valence-corrected chi connectivity index (χ2v) is 5.85. The molecule has 20 heavy (non-hydrogen) atoms. The van der Waals surface area contributed by atoms with Crippen LogP contribution in [0.15, 0.2) is 64.9 Å². The first-order valence-electron chi connectivity index (χ1n) is 5.72. The van der Waals surface area contributed by atoms with E-state index < -0.39 is 14.8 Å². The van der Waals surface area contributed by atoms with E-state index >= 15 is 0 Å². The minimum absolute atomic E-state index is 0.0794. The van der Waals surface area contributed by atoms with Crippen molar-refractivity contribution in [1.82, 2.24) is 0 Å². The summed E-state index contributed by atoms with van der Waals surface area (Å²) in [6, 6.07) is 13.8. The molecule has 0 radical (unpaired) electrons. The van der Waals surface area contributed by atoms with Gasteiger partial charge >= 0.3 is 0 Å². The number of nitro groups is 1. The van der Waals surface area contributed by atoms with E-state index in [0.29, 0.717) is 5.56 Å². The van der Waals surface area contributed by atoms with Crippen molar-refractivity contribution in [3.8, 4) is 0 Å². The Labute approximate surface area is 116 Å². The van der Waals surface area contributed by atoms with E-state index in [-0.39, 0.29) is 10.6 Å². The van der Waals surface area contributed by atoms with Crippen LogP contribution in [0.2, 0.25) is 0 Å². The van der Waals surface area contributed by atoms with Gasteiger partial charge in [-0.1, -0.05) is 30.3 Å². The average molecular weight is 289 g/mol. The molecule has 2 rings (SSSR count). The highest BCUT2D eigenvalue weighted by Gasteiger charge is 2.09. The maximum absolute atomic E-state index is 12.0. The fraction of sp³-hybridized carbons (Fsp3) is 0. The van der Waals surface area contributed by atoms with Crippen LogP contribution in [-0.2, 0) is 9.84 Å². The molecule has 0 amide bonds. The number of nitro benzene ring substituents is 1. The Balaban J connectivity index is 2.30. The van der Waals surface area contributed by atoms with Crippen molar-refractivity contribution in [2.75, 3.05) is 0 Å². The lowest BCUT2D eigenvalue weighted by molar-refractivity contribution is -0.384. The zero-order chi connectivity index (χ0) is 14.6. The largest absolute Gasteiger partial charge is 0.270 e. The number of hydrogen-bond donors (Lipinski definition) is 0. The van der Waals surface area contributed by atoms with Gasteiger partial charge < -0.3 is 0 Å². The second-order valence-electron chi connectivity index (χ2n) is 4.01. The molecule has 0 saturated carbocycles. The molecule has 0 spiro atoms. The first-order valence-corrected chi connectivity index (χ1v) is 7.26. The van der Waals surface area contributed by atoms with Crippen LogP contribution in [0, 0.1) is 10.1 Å². The molecule has 0 unspecified atom stereocenters. The van der Waals surface area contributed by atoms with Gasteiger partial charge in [-0.15, -0.1) is 0 Å². The van der Waals surface area contributed by atoms with Gasteiger partial charge in [0.2, 0.25) is 0 Å². The molecule has 0 fully saturated rings. The predicted molar refractivity (Wildman–Crippen MR) is 75.8 cm³/mol. The molecule has 0 aliphatic rings. The number of nitrogens with zero attached hydrogens (tertiary/aromatic N) is 1. The molecule has 0 heterocycles. The Bertz CT molecular complexity index is 752. The second kappa shape index (κ2) is 5.66. The molecular weight excluding hydrogens is 278 g/mol. The molecule has 0 aromatic heterocycles. The lowest BCUT2D eigenvalue weighted by Crippen LogP contribution is -1.95. The van der Waals surface area contributed by atoms with Gasteiger partial charge in [0, 0.05) is 17.5 Å². The van der Waals surface area contributed by atoms with Gasteiger partial charge in [-0.25, -0.2) is 8.42 Å². The van der Waals surface area contributed by atoms with E-state index in [1.54, 1.807) is 24.3 Å².